The van der Waals surface area contributed by atoms with Gasteiger partial charge in [0.2, 0.25) is 0 Å². The Morgan fingerprint density at radius 1 is 1.32 bits per heavy atom. The van der Waals surface area contributed by atoms with Crippen molar-refractivity contribution in [3.8, 4) is 6.07 Å². The van der Waals surface area contributed by atoms with Gasteiger partial charge in [-0.05, 0) is 51.1 Å². The van der Waals surface area contributed by atoms with Gasteiger partial charge in [-0.2, -0.15) is 5.26 Å². The van der Waals surface area contributed by atoms with Crippen LogP contribution >= 0.6 is 0 Å². The molecule has 1 fully saturated rings. The zero-order valence-electron chi connectivity index (χ0n) is 12.6. The molecule has 2 aliphatic rings. The standard InChI is InChI=1S/C17H18N4O/c1-20-7-2-3-12-15(20)6-8-21-16(12)19-14-5-4-11(10-18)9-13(14)17(21)22/h4-5,9,12,15H,2-3,6-8H2,1H3/t12-,15-/m1/s1. The zero-order valence-corrected chi connectivity index (χ0v) is 12.6. The van der Waals surface area contributed by atoms with Crippen molar-refractivity contribution in [1.29, 1.82) is 5.26 Å². The van der Waals surface area contributed by atoms with E-state index in [2.05, 4.69) is 18.0 Å². The van der Waals surface area contributed by atoms with Crippen molar-refractivity contribution < 1.29 is 0 Å². The second-order valence-electron chi connectivity index (χ2n) is 6.36. The molecule has 0 bridgehead atoms. The Kier molecular flexibility index (Phi) is 3.02. The van der Waals surface area contributed by atoms with Gasteiger partial charge in [0, 0.05) is 18.5 Å². The fraction of sp³-hybridized carbons (Fsp3) is 0.471. The SMILES string of the molecule is CN1CCC[C@H]2c3nc4ccc(C#N)cc4c(=O)n3CC[C@H]21. The van der Waals surface area contributed by atoms with Crippen LogP contribution in [0, 0.1) is 11.3 Å². The maximum absolute atomic E-state index is 12.8. The minimum atomic E-state index is 0.00350. The topological polar surface area (TPSA) is 61.9 Å². The Morgan fingerprint density at radius 3 is 3.00 bits per heavy atom. The molecule has 3 heterocycles. The van der Waals surface area contributed by atoms with Crippen LogP contribution in [0.4, 0.5) is 0 Å². The number of fused-ring (bicyclic) bond motifs is 4. The summed E-state index contributed by atoms with van der Waals surface area (Å²) in [4.78, 5) is 20.0. The average molecular weight is 294 g/mol. The summed E-state index contributed by atoms with van der Waals surface area (Å²) in [6, 6.07) is 7.79. The number of nitrogens with zero attached hydrogens (tertiary/aromatic N) is 4. The second kappa shape index (κ2) is 4.92. The summed E-state index contributed by atoms with van der Waals surface area (Å²) < 4.78 is 1.84. The number of likely N-dealkylation sites (N-methyl/N-ethyl adjacent to an activating group) is 1. The molecule has 2 aliphatic heterocycles. The van der Waals surface area contributed by atoms with E-state index in [9.17, 15) is 4.79 Å². The van der Waals surface area contributed by atoms with Crippen molar-refractivity contribution in [1.82, 2.24) is 14.5 Å². The van der Waals surface area contributed by atoms with Crippen molar-refractivity contribution in [2.75, 3.05) is 13.6 Å². The van der Waals surface area contributed by atoms with E-state index in [1.807, 2.05) is 4.57 Å². The predicted molar refractivity (Wildman–Crippen MR) is 83.7 cm³/mol. The van der Waals surface area contributed by atoms with Crippen molar-refractivity contribution >= 4 is 10.9 Å². The summed E-state index contributed by atoms with van der Waals surface area (Å²) in [7, 11) is 2.17. The number of aromatic nitrogens is 2. The summed E-state index contributed by atoms with van der Waals surface area (Å²) in [5, 5.41) is 9.59. The molecular weight excluding hydrogens is 276 g/mol. The molecule has 1 aromatic carbocycles. The van der Waals surface area contributed by atoms with Crippen LogP contribution in [0.15, 0.2) is 23.0 Å². The van der Waals surface area contributed by atoms with E-state index in [-0.39, 0.29) is 5.56 Å². The van der Waals surface area contributed by atoms with Gasteiger partial charge in [-0.15, -0.1) is 0 Å². The summed E-state index contributed by atoms with van der Waals surface area (Å²) in [6.45, 7) is 1.85. The highest BCUT2D eigenvalue weighted by Crippen LogP contribution is 2.36. The van der Waals surface area contributed by atoms with Crippen LogP contribution < -0.4 is 5.56 Å². The van der Waals surface area contributed by atoms with E-state index in [0.29, 0.717) is 28.4 Å². The summed E-state index contributed by atoms with van der Waals surface area (Å²) in [5.74, 6) is 1.28. The molecule has 0 N–H and O–H groups in total. The molecule has 0 saturated carbocycles. The van der Waals surface area contributed by atoms with E-state index in [1.54, 1.807) is 18.2 Å². The molecule has 0 radical (unpaired) electrons. The highest BCUT2D eigenvalue weighted by molar-refractivity contribution is 5.79. The number of hydrogen-bond donors (Lipinski definition) is 0. The van der Waals surface area contributed by atoms with Gasteiger partial charge >= 0.3 is 0 Å². The summed E-state index contributed by atoms with van der Waals surface area (Å²) in [5.41, 5.74) is 1.23. The fourth-order valence-corrected chi connectivity index (χ4v) is 4.02. The van der Waals surface area contributed by atoms with Crippen LogP contribution in [0.3, 0.4) is 0 Å². The van der Waals surface area contributed by atoms with Crippen LogP contribution in [0.25, 0.3) is 10.9 Å². The minimum absolute atomic E-state index is 0.00350. The van der Waals surface area contributed by atoms with Crippen LogP contribution in [-0.2, 0) is 6.54 Å². The predicted octanol–water partition coefficient (Wildman–Crippen LogP) is 1.85. The highest BCUT2D eigenvalue weighted by Gasteiger charge is 2.36. The molecular formula is C17H18N4O. The molecule has 0 spiro atoms. The fourth-order valence-electron chi connectivity index (χ4n) is 4.02. The first-order chi connectivity index (χ1) is 10.7. The normalized spacial score (nSPS) is 24.5. The Bertz CT molecular complexity index is 848. The first kappa shape index (κ1) is 13.5. The number of piperidine rings is 1. The lowest BCUT2D eigenvalue weighted by Gasteiger charge is -2.42. The maximum Gasteiger partial charge on any atom is 0.261 e. The van der Waals surface area contributed by atoms with Gasteiger partial charge < -0.3 is 4.90 Å². The smallest absolute Gasteiger partial charge is 0.261 e. The molecule has 2 aromatic rings. The van der Waals surface area contributed by atoms with Gasteiger partial charge in [0.05, 0.1) is 22.5 Å². The molecule has 112 valence electrons. The molecule has 5 nitrogen and oxygen atoms in total. The van der Waals surface area contributed by atoms with Gasteiger partial charge in [0.15, 0.2) is 0 Å². The Labute approximate surface area is 128 Å². The maximum atomic E-state index is 12.8. The highest BCUT2D eigenvalue weighted by atomic mass is 16.1. The first-order valence-corrected chi connectivity index (χ1v) is 7.84. The van der Waals surface area contributed by atoms with E-state index in [0.717, 1.165) is 38.2 Å². The third-order valence-electron chi connectivity index (χ3n) is 5.15. The third kappa shape index (κ3) is 1.87. The van der Waals surface area contributed by atoms with Crippen LogP contribution in [0.5, 0.6) is 0 Å². The van der Waals surface area contributed by atoms with Crippen molar-refractivity contribution in [3.63, 3.8) is 0 Å². The van der Waals surface area contributed by atoms with Gasteiger partial charge in [-0.25, -0.2) is 4.98 Å². The minimum Gasteiger partial charge on any atom is -0.303 e. The largest absolute Gasteiger partial charge is 0.303 e. The van der Waals surface area contributed by atoms with E-state index in [1.165, 1.54) is 0 Å². The summed E-state index contributed by atoms with van der Waals surface area (Å²) >= 11 is 0. The number of likely N-dealkylation sites (tertiary alicyclic amines) is 1. The number of rotatable bonds is 0. The van der Waals surface area contributed by atoms with E-state index in [4.69, 9.17) is 10.2 Å². The first-order valence-electron chi connectivity index (χ1n) is 7.84. The number of benzene rings is 1. The molecule has 22 heavy (non-hydrogen) atoms. The Morgan fingerprint density at radius 2 is 2.18 bits per heavy atom. The van der Waals surface area contributed by atoms with Gasteiger partial charge in [0.1, 0.15) is 5.82 Å². The number of hydrogen-bond acceptors (Lipinski definition) is 4. The lowest BCUT2D eigenvalue weighted by Crippen LogP contribution is -2.47. The third-order valence-corrected chi connectivity index (χ3v) is 5.15. The lowest BCUT2D eigenvalue weighted by molar-refractivity contribution is 0.123. The lowest BCUT2D eigenvalue weighted by atomic mass is 9.84. The Balaban J connectivity index is 1.93. The van der Waals surface area contributed by atoms with Crippen molar-refractivity contribution in [3.05, 3.63) is 39.9 Å². The molecule has 5 heteroatoms. The van der Waals surface area contributed by atoms with Crippen LogP contribution in [0.2, 0.25) is 0 Å². The van der Waals surface area contributed by atoms with Crippen LogP contribution in [0.1, 0.15) is 36.6 Å². The van der Waals surface area contributed by atoms with Gasteiger partial charge in [-0.1, -0.05) is 0 Å². The monoisotopic (exact) mass is 294 g/mol. The van der Waals surface area contributed by atoms with Crippen molar-refractivity contribution in [2.24, 2.45) is 0 Å². The molecule has 0 amide bonds. The second-order valence-corrected chi connectivity index (χ2v) is 6.36. The van der Waals surface area contributed by atoms with Crippen molar-refractivity contribution in [2.45, 2.75) is 37.8 Å². The molecule has 0 aliphatic carbocycles. The van der Waals surface area contributed by atoms with E-state index < -0.39 is 0 Å². The Hall–Kier alpha value is -2.19. The quantitative estimate of drug-likeness (QED) is 0.744. The average Bonchev–Trinajstić information content (AvgIpc) is 2.55. The van der Waals surface area contributed by atoms with Gasteiger partial charge in [-0.3, -0.25) is 9.36 Å². The molecule has 1 aromatic heterocycles. The number of nitriles is 1. The zero-order chi connectivity index (χ0) is 15.3. The molecule has 1 saturated heterocycles. The molecule has 0 unspecified atom stereocenters. The summed E-state index contributed by atoms with van der Waals surface area (Å²) in [6.07, 6.45) is 3.25. The molecule has 2 atom stereocenters. The van der Waals surface area contributed by atoms with Gasteiger partial charge in [0.25, 0.3) is 5.56 Å². The van der Waals surface area contributed by atoms with E-state index >= 15 is 0 Å². The molecule has 4 rings (SSSR count). The van der Waals surface area contributed by atoms with Crippen LogP contribution in [-0.4, -0.2) is 34.1 Å².